The summed E-state index contributed by atoms with van der Waals surface area (Å²) in [6.07, 6.45) is 6.55. The number of esters is 2. The summed E-state index contributed by atoms with van der Waals surface area (Å²) in [4.78, 5) is 66.2. The maximum atomic E-state index is 13.5. The molecule has 5 rings (SSSR count). The average molecular weight is 779 g/mol. The first-order valence-electron chi connectivity index (χ1n) is 17.8. The summed E-state index contributed by atoms with van der Waals surface area (Å²) >= 11 is 1.35. The lowest BCUT2D eigenvalue weighted by Gasteiger charge is -2.26. The van der Waals surface area contributed by atoms with E-state index in [2.05, 4.69) is 25.5 Å². The molecule has 1 fully saturated rings. The van der Waals surface area contributed by atoms with Crippen LogP contribution in [0.4, 0.5) is 11.8 Å². The minimum absolute atomic E-state index is 0.0849. The molecule has 4 heterocycles. The highest BCUT2D eigenvalue weighted by Gasteiger charge is 2.23. The Morgan fingerprint density at radius 3 is 2.58 bits per heavy atom. The largest absolute Gasteiger partial charge is 0.491 e. The lowest BCUT2D eigenvalue weighted by atomic mass is 10.1. The number of methoxy groups -OCH3 is 2. The van der Waals surface area contributed by atoms with E-state index in [0.717, 1.165) is 26.1 Å². The third kappa shape index (κ3) is 10.8. The van der Waals surface area contributed by atoms with Gasteiger partial charge in [0, 0.05) is 57.2 Å². The van der Waals surface area contributed by atoms with E-state index in [0.29, 0.717) is 77.6 Å². The Morgan fingerprint density at radius 1 is 1.05 bits per heavy atom. The van der Waals surface area contributed by atoms with Gasteiger partial charge in [-0.25, -0.2) is 19.7 Å². The van der Waals surface area contributed by atoms with Crippen LogP contribution in [0.5, 0.6) is 5.75 Å². The number of hydrogen-bond donors (Lipinski definition) is 3. The minimum Gasteiger partial charge on any atom is -0.491 e. The Balaban J connectivity index is 1.40. The molecule has 17 nitrogen and oxygen atoms in total. The van der Waals surface area contributed by atoms with Gasteiger partial charge in [-0.3, -0.25) is 24.6 Å². The molecule has 0 spiro atoms. The van der Waals surface area contributed by atoms with Crippen LogP contribution in [0.1, 0.15) is 62.6 Å². The first-order chi connectivity index (χ1) is 26.6. The number of thioether (sulfide) groups is 1. The highest BCUT2D eigenvalue weighted by atomic mass is 32.2. The molecule has 1 aliphatic rings. The van der Waals surface area contributed by atoms with Crippen molar-refractivity contribution >= 4 is 58.3 Å². The van der Waals surface area contributed by atoms with E-state index in [1.54, 1.807) is 29.7 Å². The second-order valence-electron chi connectivity index (χ2n) is 12.3. The van der Waals surface area contributed by atoms with Crippen LogP contribution < -0.4 is 21.1 Å². The SMILES string of the molecule is CCc1nc(C)oc1C(=O)Nc1nc2cc(C(N)=O)cc(OCCCN3CCOCC3)c2n1C/C=C/CNc1ncc(C(=O)OC)cc1SCCC(=O)OC. The van der Waals surface area contributed by atoms with Crippen molar-refractivity contribution < 1.29 is 42.5 Å². The molecule has 294 valence electrons. The molecule has 1 saturated heterocycles. The summed E-state index contributed by atoms with van der Waals surface area (Å²) < 4.78 is 28.8. The average Bonchev–Trinajstić information content (AvgIpc) is 3.75. The van der Waals surface area contributed by atoms with E-state index >= 15 is 0 Å². The molecule has 0 aliphatic carbocycles. The number of benzene rings is 1. The van der Waals surface area contributed by atoms with E-state index < -0.39 is 17.8 Å². The maximum Gasteiger partial charge on any atom is 0.339 e. The first kappa shape index (κ1) is 40.7. The molecule has 0 radical (unpaired) electrons. The molecule has 1 aliphatic heterocycles. The lowest BCUT2D eigenvalue weighted by molar-refractivity contribution is -0.140. The standard InChI is InChI=1S/C37H46N8O9S/c1-5-26-32(54-23(2)41-26)35(48)43-37-42-27-19-24(33(38)47)20-28(53-15-8-11-44-13-16-52-17-14-44)31(27)45(37)12-7-6-10-39-34-29(55-18-9-30(46)50-3)21-25(22-40-34)36(49)51-4/h6-7,19-22H,5,8-18H2,1-4H3,(H2,38,47)(H,39,40)(H,42,43,48)/b7-6+. The minimum atomic E-state index is -0.646. The molecule has 2 amide bonds. The fraction of sp³-hybridized carbons (Fsp3) is 0.432. The number of pyridine rings is 1. The van der Waals surface area contributed by atoms with Crippen molar-refractivity contribution in [2.75, 3.05) is 76.6 Å². The van der Waals surface area contributed by atoms with Crippen LogP contribution in [0.3, 0.4) is 0 Å². The van der Waals surface area contributed by atoms with Gasteiger partial charge in [-0.2, -0.15) is 0 Å². The van der Waals surface area contributed by atoms with Crippen LogP contribution in [0.2, 0.25) is 0 Å². The van der Waals surface area contributed by atoms with Crippen LogP contribution in [-0.2, 0) is 32.0 Å². The Morgan fingerprint density at radius 2 is 1.85 bits per heavy atom. The van der Waals surface area contributed by atoms with Crippen molar-refractivity contribution in [1.82, 2.24) is 24.4 Å². The number of imidazole rings is 1. The van der Waals surface area contributed by atoms with Gasteiger partial charge in [-0.05, 0) is 31.0 Å². The molecule has 1 aromatic carbocycles. The topological polar surface area (TPSA) is 215 Å². The number of oxazole rings is 1. The summed E-state index contributed by atoms with van der Waals surface area (Å²) in [6.45, 7) is 8.40. The first-order valence-corrected chi connectivity index (χ1v) is 18.8. The molecule has 55 heavy (non-hydrogen) atoms. The zero-order valence-electron chi connectivity index (χ0n) is 31.3. The van der Waals surface area contributed by atoms with Crippen LogP contribution in [-0.4, -0.2) is 114 Å². The Kier molecular flexibility index (Phi) is 14.6. The van der Waals surface area contributed by atoms with Crippen LogP contribution in [0.15, 0.2) is 45.9 Å². The number of hydrogen-bond acceptors (Lipinski definition) is 15. The molecule has 0 saturated carbocycles. The Labute approximate surface area is 322 Å². The summed E-state index contributed by atoms with van der Waals surface area (Å²) in [7, 11) is 2.62. The predicted molar refractivity (Wildman–Crippen MR) is 205 cm³/mol. The predicted octanol–water partition coefficient (Wildman–Crippen LogP) is 3.85. The molecule has 0 atom stereocenters. The number of rotatable bonds is 19. The van der Waals surface area contributed by atoms with Gasteiger partial charge in [0.25, 0.3) is 5.91 Å². The van der Waals surface area contributed by atoms with Crippen molar-refractivity contribution in [3.05, 3.63) is 65.0 Å². The van der Waals surface area contributed by atoms with Crippen LogP contribution >= 0.6 is 11.8 Å². The van der Waals surface area contributed by atoms with Gasteiger partial charge in [-0.15, -0.1) is 11.8 Å². The van der Waals surface area contributed by atoms with E-state index in [9.17, 15) is 19.2 Å². The number of ether oxygens (including phenoxy) is 4. The second-order valence-corrected chi connectivity index (χ2v) is 13.5. The summed E-state index contributed by atoms with van der Waals surface area (Å²) in [6, 6.07) is 4.81. The van der Waals surface area contributed by atoms with E-state index in [1.807, 2.05) is 19.1 Å². The molecule has 4 aromatic rings. The van der Waals surface area contributed by atoms with Gasteiger partial charge in [0.15, 0.2) is 5.89 Å². The normalized spacial score (nSPS) is 13.2. The zero-order valence-corrected chi connectivity index (χ0v) is 32.2. The number of aromatic nitrogens is 4. The third-order valence-corrected chi connectivity index (χ3v) is 9.58. The number of primary amides is 1. The van der Waals surface area contributed by atoms with Crippen LogP contribution in [0, 0.1) is 6.92 Å². The quantitative estimate of drug-likeness (QED) is 0.0534. The summed E-state index contributed by atoms with van der Waals surface area (Å²) in [5.74, 6) is -0.100. The van der Waals surface area contributed by atoms with Gasteiger partial charge in [0.2, 0.25) is 17.6 Å². The van der Waals surface area contributed by atoms with E-state index in [-0.39, 0.29) is 41.8 Å². The molecular formula is C37H46N8O9S. The number of fused-ring (bicyclic) bond motifs is 1. The lowest BCUT2D eigenvalue weighted by Crippen LogP contribution is -2.37. The van der Waals surface area contributed by atoms with Gasteiger partial charge in [0.05, 0.1) is 62.1 Å². The zero-order chi connectivity index (χ0) is 39.3. The van der Waals surface area contributed by atoms with Crippen molar-refractivity contribution in [2.45, 2.75) is 44.6 Å². The molecule has 3 aromatic heterocycles. The second kappa shape index (κ2) is 19.7. The summed E-state index contributed by atoms with van der Waals surface area (Å²) in [5, 5.41) is 6.13. The molecule has 0 unspecified atom stereocenters. The fourth-order valence-electron chi connectivity index (χ4n) is 5.78. The number of carbonyl (C=O) groups is 4. The van der Waals surface area contributed by atoms with Crippen molar-refractivity contribution in [1.29, 1.82) is 0 Å². The van der Waals surface area contributed by atoms with E-state index in [1.165, 1.54) is 32.2 Å². The van der Waals surface area contributed by atoms with Crippen LogP contribution in [0.25, 0.3) is 11.0 Å². The summed E-state index contributed by atoms with van der Waals surface area (Å²) in [5.41, 5.74) is 7.66. The number of nitrogens with two attached hydrogens (primary N) is 1. The monoisotopic (exact) mass is 778 g/mol. The highest BCUT2D eigenvalue weighted by molar-refractivity contribution is 7.99. The number of allylic oxidation sites excluding steroid dienone is 1. The molecule has 0 bridgehead atoms. The van der Waals surface area contributed by atoms with Crippen molar-refractivity contribution in [2.24, 2.45) is 5.73 Å². The van der Waals surface area contributed by atoms with Crippen molar-refractivity contribution in [3.8, 4) is 5.75 Å². The number of nitrogens with zero attached hydrogens (tertiary/aromatic N) is 5. The molecule has 18 heteroatoms. The molecule has 4 N–H and O–H groups in total. The van der Waals surface area contributed by atoms with Gasteiger partial charge in [-0.1, -0.05) is 19.1 Å². The number of amides is 2. The highest BCUT2D eigenvalue weighted by Crippen LogP contribution is 2.32. The number of carbonyl (C=O) groups excluding carboxylic acids is 4. The number of nitrogens with one attached hydrogen (secondary N) is 2. The van der Waals surface area contributed by atoms with Gasteiger partial charge < -0.3 is 39.0 Å². The number of anilines is 2. The number of aryl methyl sites for hydroxylation is 2. The molecular weight excluding hydrogens is 733 g/mol. The Bertz CT molecular complexity index is 2020. The van der Waals surface area contributed by atoms with E-state index in [4.69, 9.17) is 34.1 Å². The smallest absolute Gasteiger partial charge is 0.339 e. The van der Waals surface area contributed by atoms with Gasteiger partial charge in [0.1, 0.15) is 17.1 Å². The Hall–Kier alpha value is -5.46. The maximum absolute atomic E-state index is 13.5. The third-order valence-electron chi connectivity index (χ3n) is 8.55. The fourth-order valence-corrected chi connectivity index (χ4v) is 6.74. The number of morpholine rings is 1. The van der Waals surface area contributed by atoms with Crippen molar-refractivity contribution in [3.63, 3.8) is 0 Å². The van der Waals surface area contributed by atoms with Gasteiger partial charge >= 0.3 is 11.9 Å².